The van der Waals surface area contributed by atoms with Crippen LogP contribution in [0.5, 0.6) is 5.75 Å². The van der Waals surface area contributed by atoms with Crippen LogP contribution in [-0.4, -0.2) is 29.3 Å². The molecular weight excluding hydrogens is 390 g/mol. The summed E-state index contributed by atoms with van der Waals surface area (Å²) in [7, 11) is 0. The summed E-state index contributed by atoms with van der Waals surface area (Å²) in [4.78, 5) is 12.4. The number of carbonyl (C=O) groups excluding carboxylic acids is 1. The highest BCUT2D eigenvalue weighted by molar-refractivity contribution is 5.94. The van der Waals surface area contributed by atoms with Gasteiger partial charge in [0.05, 0.1) is 6.54 Å². The summed E-state index contributed by atoms with van der Waals surface area (Å²) in [6.07, 6.45) is 0. The van der Waals surface area contributed by atoms with Crippen molar-refractivity contribution in [2.45, 2.75) is 13.8 Å². The minimum atomic E-state index is -0.162. The van der Waals surface area contributed by atoms with Crippen LogP contribution in [0.4, 0.5) is 0 Å². The molecule has 0 aliphatic carbocycles. The third kappa shape index (κ3) is 4.98. The molecule has 1 N–H and O–H groups in total. The predicted octanol–water partition coefficient (Wildman–Crippen LogP) is 4.83. The molecular formula is C25H23N3O3. The number of nitrogens with one attached hydrogen (secondary N) is 1. The largest absolute Gasteiger partial charge is 0.492 e. The van der Waals surface area contributed by atoms with Crippen molar-refractivity contribution >= 4 is 5.91 Å². The maximum absolute atomic E-state index is 12.4. The monoisotopic (exact) mass is 413 g/mol. The van der Waals surface area contributed by atoms with Crippen molar-refractivity contribution in [1.82, 2.24) is 15.5 Å². The average Bonchev–Trinajstić information content (AvgIpc) is 3.27. The van der Waals surface area contributed by atoms with Crippen LogP contribution in [-0.2, 0) is 0 Å². The van der Waals surface area contributed by atoms with Crippen LogP contribution in [0.15, 0.2) is 77.2 Å². The fourth-order valence-corrected chi connectivity index (χ4v) is 3.17. The van der Waals surface area contributed by atoms with Crippen molar-refractivity contribution in [1.29, 1.82) is 0 Å². The number of ether oxygens (including phenoxy) is 1. The van der Waals surface area contributed by atoms with E-state index in [2.05, 4.69) is 15.5 Å². The Morgan fingerprint density at radius 3 is 2.48 bits per heavy atom. The van der Waals surface area contributed by atoms with E-state index in [1.54, 1.807) is 24.3 Å². The normalized spacial score (nSPS) is 10.6. The highest BCUT2D eigenvalue weighted by atomic mass is 16.5. The zero-order chi connectivity index (χ0) is 21.6. The minimum Gasteiger partial charge on any atom is -0.492 e. The Labute approximate surface area is 180 Å². The molecule has 0 radical (unpaired) electrons. The molecule has 0 spiro atoms. The lowest BCUT2D eigenvalue weighted by Gasteiger charge is -2.08. The van der Waals surface area contributed by atoms with Gasteiger partial charge in [0.15, 0.2) is 0 Å². The first kappa shape index (κ1) is 20.3. The fourth-order valence-electron chi connectivity index (χ4n) is 3.17. The number of aromatic nitrogens is 2. The molecule has 156 valence electrons. The van der Waals surface area contributed by atoms with E-state index in [1.807, 2.05) is 62.4 Å². The lowest BCUT2D eigenvalue weighted by Crippen LogP contribution is -2.28. The van der Waals surface area contributed by atoms with E-state index >= 15 is 0 Å². The molecule has 0 aliphatic rings. The van der Waals surface area contributed by atoms with Gasteiger partial charge in [-0.1, -0.05) is 30.3 Å². The summed E-state index contributed by atoms with van der Waals surface area (Å²) in [5.41, 5.74) is 4.42. The Morgan fingerprint density at radius 2 is 1.71 bits per heavy atom. The maximum atomic E-state index is 12.4. The van der Waals surface area contributed by atoms with Crippen molar-refractivity contribution in [2.75, 3.05) is 13.2 Å². The smallest absolute Gasteiger partial charge is 0.251 e. The number of carbonyl (C=O) groups is 1. The molecule has 0 saturated heterocycles. The molecule has 4 aromatic rings. The van der Waals surface area contributed by atoms with Crippen LogP contribution in [0.25, 0.3) is 22.9 Å². The van der Waals surface area contributed by atoms with Crippen LogP contribution in [0.3, 0.4) is 0 Å². The summed E-state index contributed by atoms with van der Waals surface area (Å²) in [5.74, 6) is 1.52. The van der Waals surface area contributed by atoms with Crippen molar-refractivity contribution in [2.24, 2.45) is 0 Å². The number of hydrogen-bond acceptors (Lipinski definition) is 5. The predicted molar refractivity (Wildman–Crippen MR) is 119 cm³/mol. The number of rotatable bonds is 7. The van der Waals surface area contributed by atoms with E-state index < -0.39 is 0 Å². The molecule has 31 heavy (non-hydrogen) atoms. The van der Waals surface area contributed by atoms with Crippen molar-refractivity contribution < 1.29 is 13.9 Å². The van der Waals surface area contributed by atoms with Gasteiger partial charge >= 0.3 is 0 Å². The molecule has 3 aromatic carbocycles. The SMILES string of the molecule is Cc1cccc(OCCNC(=O)c2ccc(-c3nnc(-c4ccccc4C)o3)cc2)c1. The quantitative estimate of drug-likeness (QED) is 0.439. The second-order valence-corrected chi connectivity index (χ2v) is 7.23. The van der Waals surface area contributed by atoms with Crippen molar-refractivity contribution in [3.63, 3.8) is 0 Å². The van der Waals surface area contributed by atoms with Gasteiger partial charge in [0, 0.05) is 16.7 Å². The van der Waals surface area contributed by atoms with Crippen LogP contribution >= 0.6 is 0 Å². The zero-order valence-electron chi connectivity index (χ0n) is 17.5. The Kier molecular flexibility index (Phi) is 6.08. The van der Waals surface area contributed by atoms with Gasteiger partial charge in [0.25, 0.3) is 5.91 Å². The molecule has 0 fully saturated rings. The molecule has 1 aromatic heterocycles. The van der Waals surface area contributed by atoms with E-state index in [4.69, 9.17) is 9.15 Å². The molecule has 1 amide bonds. The molecule has 0 saturated carbocycles. The summed E-state index contributed by atoms with van der Waals surface area (Å²) >= 11 is 0. The van der Waals surface area contributed by atoms with Crippen molar-refractivity contribution in [3.05, 3.63) is 89.5 Å². The molecule has 4 rings (SSSR count). The molecule has 6 heteroatoms. The second kappa shape index (κ2) is 9.26. The first-order chi connectivity index (χ1) is 15.1. The lowest BCUT2D eigenvalue weighted by molar-refractivity contribution is 0.0947. The number of hydrogen-bond donors (Lipinski definition) is 1. The Morgan fingerprint density at radius 1 is 0.935 bits per heavy atom. The summed E-state index contributed by atoms with van der Waals surface area (Å²) in [6, 6.07) is 22.7. The number of nitrogens with zero attached hydrogens (tertiary/aromatic N) is 2. The van der Waals surface area contributed by atoms with Crippen LogP contribution in [0.1, 0.15) is 21.5 Å². The zero-order valence-corrected chi connectivity index (χ0v) is 17.5. The molecule has 6 nitrogen and oxygen atoms in total. The van der Waals surface area contributed by atoms with E-state index in [1.165, 1.54) is 0 Å². The van der Waals surface area contributed by atoms with E-state index in [0.717, 1.165) is 28.0 Å². The Hall–Kier alpha value is -3.93. The first-order valence-corrected chi connectivity index (χ1v) is 10.1. The van der Waals surface area contributed by atoms with Crippen LogP contribution in [0, 0.1) is 13.8 Å². The van der Waals surface area contributed by atoms with Crippen LogP contribution in [0.2, 0.25) is 0 Å². The number of benzene rings is 3. The van der Waals surface area contributed by atoms with Gasteiger partial charge in [-0.25, -0.2) is 0 Å². The topological polar surface area (TPSA) is 77.2 Å². The van der Waals surface area contributed by atoms with Gasteiger partial charge in [-0.05, 0) is 67.4 Å². The molecule has 0 atom stereocenters. The minimum absolute atomic E-state index is 0.162. The van der Waals surface area contributed by atoms with Gasteiger partial charge in [0.1, 0.15) is 12.4 Å². The van der Waals surface area contributed by atoms with Gasteiger partial charge < -0.3 is 14.5 Å². The number of amides is 1. The highest BCUT2D eigenvalue weighted by Gasteiger charge is 2.13. The third-order valence-corrected chi connectivity index (χ3v) is 4.84. The fraction of sp³-hybridized carbons (Fsp3) is 0.160. The third-order valence-electron chi connectivity index (χ3n) is 4.84. The Bertz CT molecular complexity index is 1180. The lowest BCUT2D eigenvalue weighted by atomic mass is 10.1. The van der Waals surface area contributed by atoms with Gasteiger partial charge in [-0.2, -0.15) is 0 Å². The van der Waals surface area contributed by atoms with E-state index in [-0.39, 0.29) is 5.91 Å². The standard InChI is InChI=1S/C25H23N3O3/c1-17-6-5-8-21(16-17)30-15-14-26-23(29)19-10-12-20(13-11-19)24-27-28-25(31-24)22-9-4-3-7-18(22)2/h3-13,16H,14-15H2,1-2H3,(H,26,29). The molecule has 1 heterocycles. The maximum Gasteiger partial charge on any atom is 0.251 e. The molecule has 0 bridgehead atoms. The summed E-state index contributed by atoms with van der Waals surface area (Å²) < 4.78 is 11.5. The Balaban J connectivity index is 1.34. The van der Waals surface area contributed by atoms with Gasteiger partial charge in [-0.15, -0.1) is 10.2 Å². The van der Waals surface area contributed by atoms with Gasteiger partial charge in [0.2, 0.25) is 11.8 Å². The summed E-state index contributed by atoms with van der Waals surface area (Å²) in [5, 5.41) is 11.2. The second-order valence-electron chi connectivity index (χ2n) is 7.23. The van der Waals surface area contributed by atoms with E-state index in [9.17, 15) is 4.79 Å². The molecule has 0 unspecified atom stereocenters. The highest BCUT2D eigenvalue weighted by Crippen LogP contribution is 2.26. The molecule has 0 aliphatic heterocycles. The van der Waals surface area contributed by atoms with Crippen LogP contribution < -0.4 is 10.1 Å². The average molecular weight is 413 g/mol. The summed E-state index contributed by atoms with van der Waals surface area (Å²) in [6.45, 7) is 4.82. The van der Waals surface area contributed by atoms with Crippen molar-refractivity contribution in [3.8, 4) is 28.7 Å². The van der Waals surface area contributed by atoms with Gasteiger partial charge in [-0.3, -0.25) is 4.79 Å². The first-order valence-electron chi connectivity index (χ1n) is 10.1. The number of aryl methyl sites for hydroxylation is 2. The van der Waals surface area contributed by atoms with E-state index in [0.29, 0.717) is 30.5 Å².